The molecule has 0 N–H and O–H groups in total. The van der Waals surface area contributed by atoms with Crippen LogP contribution in [0.3, 0.4) is 0 Å². The van der Waals surface area contributed by atoms with E-state index in [-0.39, 0.29) is 22.2 Å². The number of halogens is 1. The van der Waals surface area contributed by atoms with E-state index in [4.69, 9.17) is 11.6 Å². The average molecular weight is 433 g/mol. The van der Waals surface area contributed by atoms with Gasteiger partial charge in [0.25, 0.3) is 0 Å². The SMILES string of the molecule is CCCCN(CC)C(=O)Cn1cc(S(=O)(=O)c2ccc(Cl)cc2)c2ccccc21. The number of nitrogens with zero attached hydrogens (tertiary/aromatic N) is 2. The van der Waals surface area contributed by atoms with Gasteiger partial charge in [-0.25, -0.2) is 8.42 Å². The third-order valence-electron chi connectivity index (χ3n) is 4.99. The van der Waals surface area contributed by atoms with Gasteiger partial charge in [-0.3, -0.25) is 4.79 Å². The molecular formula is C22H25ClN2O3S. The molecule has 2 aromatic carbocycles. The van der Waals surface area contributed by atoms with E-state index in [0.29, 0.717) is 23.5 Å². The standard InChI is InChI=1S/C22H25ClN2O3S/c1-3-5-14-24(4-2)22(26)16-25-15-21(19-8-6-7-9-20(19)25)29(27,28)18-12-10-17(23)11-13-18/h6-13,15H,3-5,14,16H2,1-2H3. The summed E-state index contributed by atoms with van der Waals surface area (Å²) in [6, 6.07) is 13.4. The molecule has 0 spiro atoms. The number of amides is 1. The van der Waals surface area contributed by atoms with Gasteiger partial charge >= 0.3 is 0 Å². The first-order valence-electron chi connectivity index (χ1n) is 9.74. The number of likely N-dealkylation sites (N-methyl/N-ethyl adjacent to an activating group) is 1. The third kappa shape index (κ3) is 4.49. The first-order valence-corrected chi connectivity index (χ1v) is 11.6. The smallest absolute Gasteiger partial charge is 0.242 e. The van der Waals surface area contributed by atoms with E-state index in [1.165, 1.54) is 12.1 Å². The molecule has 7 heteroatoms. The van der Waals surface area contributed by atoms with Crippen LogP contribution in [-0.2, 0) is 21.2 Å². The van der Waals surface area contributed by atoms with Gasteiger partial charge < -0.3 is 9.47 Å². The number of carbonyl (C=O) groups is 1. The maximum atomic E-state index is 13.2. The zero-order valence-corrected chi connectivity index (χ0v) is 18.2. The van der Waals surface area contributed by atoms with Crippen LogP contribution < -0.4 is 0 Å². The number of benzene rings is 2. The van der Waals surface area contributed by atoms with Crippen molar-refractivity contribution in [2.24, 2.45) is 0 Å². The molecule has 1 aromatic heterocycles. The van der Waals surface area contributed by atoms with Gasteiger partial charge in [0, 0.05) is 35.2 Å². The number of unbranched alkanes of at least 4 members (excludes halogenated alkanes) is 1. The molecule has 154 valence electrons. The molecule has 0 saturated carbocycles. The molecule has 1 amide bonds. The predicted molar refractivity (Wildman–Crippen MR) is 116 cm³/mol. The van der Waals surface area contributed by atoms with Crippen LogP contribution in [0.2, 0.25) is 5.02 Å². The van der Waals surface area contributed by atoms with Crippen LogP contribution in [0.5, 0.6) is 0 Å². The van der Waals surface area contributed by atoms with Gasteiger partial charge in [-0.2, -0.15) is 0 Å². The lowest BCUT2D eigenvalue weighted by Crippen LogP contribution is -2.34. The molecule has 0 radical (unpaired) electrons. The van der Waals surface area contributed by atoms with Crippen LogP contribution >= 0.6 is 11.6 Å². The van der Waals surface area contributed by atoms with Crippen LogP contribution in [0.1, 0.15) is 26.7 Å². The highest BCUT2D eigenvalue weighted by Gasteiger charge is 2.24. The van der Waals surface area contributed by atoms with Gasteiger partial charge in [-0.1, -0.05) is 43.1 Å². The second kappa shape index (κ2) is 9.01. The fourth-order valence-corrected chi connectivity index (χ4v) is 4.96. The second-order valence-electron chi connectivity index (χ2n) is 6.92. The van der Waals surface area contributed by atoms with Crippen molar-refractivity contribution in [3.05, 3.63) is 59.8 Å². The van der Waals surface area contributed by atoms with E-state index in [1.807, 2.05) is 24.0 Å². The van der Waals surface area contributed by atoms with Crippen molar-refractivity contribution in [3.63, 3.8) is 0 Å². The summed E-state index contributed by atoms with van der Waals surface area (Å²) < 4.78 is 28.2. The Labute approximate surface area is 176 Å². The summed E-state index contributed by atoms with van der Waals surface area (Å²) in [5.74, 6) is -0.0165. The van der Waals surface area contributed by atoms with Gasteiger partial charge in [-0.05, 0) is 43.7 Å². The Balaban J connectivity index is 2.01. The Morgan fingerprint density at radius 1 is 1.07 bits per heavy atom. The number of hydrogen-bond acceptors (Lipinski definition) is 3. The molecule has 0 fully saturated rings. The molecule has 3 aromatic rings. The summed E-state index contributed by atoms with van der Waals surface area (Å²) in [7, 11) is -3.74. The first-order chi connectivity index (χ1) is 13.9. The molecule has 0 bridgehead atoms. The molecule has 5 nitrogen and oxygen atoms in total. The number of fused-ring (bicyclic) bond motifs is 1. The van der Waals surface area contributed by atoms with Gasteiger partial charge in [0.15, 0.2) is 0 Å². The minimum atomic E-state index is -3.74. The molecule has 0 saturated heterocycles. The van der Waals surface area contributed by atoms with Gasteiger partial charge in [0.05, 0.1) is 9.79 Å². The summed E-state index contributed by atoms with van der Waals surface area (Å²) in [4.78, 5) is 15.0. The van der Waals surface area contributed by atoms with Crippen molar-refractivity contribution in [3.8, 4) is 0 Å². The van der Waals surface area contributed by atoms with Gasteiger partial charge in [-0.15, -0.1) is 0 Å². The number of aromatic nitrogens is 1. The molecule has 0 aliphatic heterocycles. The minimum Gasteiger partial charge on any atom is -0.341 e. The zero-order valence-electron chi connectivity index (χ0n) is 16.6. The van der Waals surface area contributed by atoms with E-state index in [9.17, 15) is 13.2 Å². The molecule has 0 aliphatic carbocycles. The Hall–Kier alpha value is -2.31. The zero-order chi connectivity index (χ0) is 21.0. The van der Waals surface area contributed by atoms with Crippen molar-refractivity contribution >= 4 is 38.2 Å². The molecule has 3 rings (SSSR count). The Kier molecular flexibility index (Phi) is 6.65. The van der Waals surface area contributed by atoms with Crippen LogP contribution in [0.4, 0.5) is 0 Å². The van der Waals surface area contributed by atoms with Crippen molar-refractivity contribution in [2.75, 3.05) is 13.1 Å². The van der Waals surface area contributed by atoms with Crippen LogP contribution in [0, 0.1) is 0 Å². The fourth-order valence-electron chi connectivity index (χ4n) is 3.35. The maximum absolute atomic E-state index is 13.2. The predicted octanol–water partition coefficient (Wildman–Crippen LogP) is 4.78. The van der Waals surface area contributed by atoms with E-state index < -0.39 is 9.84 Å². The maximum Gasteiger partial charge on any atom is 0.242 e. The normalized spacial score (nSPS) is 11.7. The molecular weight excluding hydrogens is 408 g/mol. The monoisotopic (exact) mass is 432 g/mol. The lowest BCUT2D eigenvalue weighted by Gasteiger charge is -2.21. The average Bonchev–Trinajstić information content (AvgIpc) is 3.08. The van der Waals surface area contributed by atoms with Crippen molar-refractivity contribution in [2.45, 2.75) is 43.0 Å². The molecule has 29 heavy (non-hydrogen) atoms. The quantitative estimate of drug-likeness (QED) is 0.514. The van der Waals surface area contributed by atoms with Crippen molar-refractivity contribution in [1.29, 1.82) is 0 Å². The summed E-state index contributed by atoms with van der Waals surface area (Å²) in [5, 5.41) is 1.08. The summed E-state index contributed by atoms with van der Waals surface area (Å²) in [5.41, 5.74) is 0.722. The van der Waals surface area contributed by atoms with Crippen LogP contribution in [0.25, 0.3) is 10.9 Å². The highest BCUT2D eigenvalue weighted by molar-refractivity contribution is 7.91. The van der Waals surface area contributed by atoms with E-state index in [0.717, 1.165) is 18.4 Å². The number of para-hydroxylation sites is 1. The lowest BCUT2D eigenvalue weighted by atomic mass is 10.2. The molecule has 1 heterocycles. The highest BCUT2D eigenvalue weighted by Crippen LogP contribution is 2.30. The minimum absolute atomic E-state index is 0.0165. The van der Waals surface area contributed by atoms with Gasteiger partial charge in [0.1, 0.15) is 6.54 Å². The first kappa shape index (κ1) is 21.4. The topological polar surface area (TPSA) is 59.4 Å². The largest absolute Gasteiger partial charge is 0.341 e. The van der Waals surface area contributed by atoms with Crippen LogP contribution in [-0.4, -0.2) is 36.9 Å². The fraction of sp³-hybridized carbons (Fsp3) is 0.318. The van der Waals surface area contributed by atoms with E-state index >= 15 is 0 Å². The molecule has 0 aliphatic rings. The number of hydrogen-bond donors (Lipinski definition) is 0. The Morgan fingerprint density at radius 2 is 1.76 bits per heavy atom. The van der Waals surface area contributed by atoms with Crippen molar-refractivity contribution < 1.29 is 13.2 Å². The third-order valence-corrected chi connectivity index (χ3v) is 7.04. The van der Waals surface area contributed by atoms with E-state index in [1.54, 1.807) is 35.0 Å². The highest BCUT2D eigenvalue weighted by atomic mass is 35.5. The number of rotatable bonds is 8. The molecule has 0 unspecified atom stereocenters. The Morgan fingerprint density at radius 3 is 2.41 bits per heavy atom. The van der Waals surface area contributed by atoms with Gasteiger partial charge in [0.2, 0.25) is 15.7 Å². The summed E-state index contributed by atoms with van der Waals surface area (Å²) in [6.07, 6.45) is 3.53. The number of carbonyl (C=O) groups excluding carboxylic acids is 1. The Bertz CT molecular complexity index is 1100. The summed E-state index contributed by atoms with van der Waals surface area (Å²) >= 11 is 5.90. The number of sulfone groups is 1. The van der Waals surface area contributed by atoms with Crippen LogP contribution in [0.15, 0.2) is 64.5 Å². The lowest BCUT2D eigenvalue weighted by molar-refractivity contribution is -0.131. The molecule has 0 atom stereocenters. The van der Waals surface area contributed by atoms with E-state index in [2.05, 4.69) is 6.92 Å². The van der Waals surface area contributed by atoms with Crippen molar-refractivity contribution in [1.82, 2.24) is 9.47 Å². The second-order valence-corrected chi connectivity index (χ2v) is 9.28. The summed E-state index contributed by atoms with van der Waals surface area (Å²) in [6.45, 7) is 5.49.